The minimum atomic E-state index is 0.154. The van der Waals surface area contributed by atoms with Crippen LogP contribution < -0.4 is 10.6 Å². The van der Waals surface area contributed by atoms with Crippen molar-refractivity contribution in [2.24, 2.45) is 0 Å². The molecule has 3 N–H and O–H groups in total. The number of hydrogen-bond donors (Lipinski definition) is 2. The lowest BCUT2D eigenvalue weighted by molar-refractivity contribution is 0.239. The largest absolute Gasteiger partial charge is 0.394 e. The number of nitrogens with two attached hydrogens (primary N) is 1. The Hall–Kier alpha value is -1.36. The van der Waals surface area contributed by atoms with E-state index in [4.69, 9.17) is 5.73 Å². The quantitative estimate of drug-likeness (QED) is 0.871. The molecule has 0 aromatic carbocycles. The molecule has 0 radical (unpaired) electrons. The summed E-state index contributed by atoms with van der Waals surface area (Å²) in [4.78, 5) is 11.2. The van der Waals surface area contributed by atoms with Crippen molar-refractivity contribution in [2.45, 2.75) is 52.0 Å². The summed E-state index contributed by atoms with van der Waals surface area (Å²) >= 11 is 0. The Balaban J connectivity index is 2.41. The zero-order valence-corrected chi connectivity index (χ0v) is 12.1. The van der Waals surface area contributed by atoms with Crippen molar-refractivity contribution in [3.63, 3.8) is 0 Å². The molecule has 1 unspecified atom stereocenters. The van der Waals surface area contributed by atoms with Gasteiger partial charge in [0.05, 0.1) is 12.6 Å². The van der Waals surface area contributed by atoms with Gasteiger partial charge in [-0.15, -0.1) is 0 Å². The van der Waals surface area contributed by atoms with E-state index < -0.39 is 0 Å². The van der Waals surface area contributed by atoms with Crippen molar-refractivity contribution in [3.8, 4) is 0 Å². The van der Waals surface area contributed by atoms with Gasteiger partial charge in [-0.3, -0.25) is 0 Å². The second kappa shape index (κ2) is 5.74. The number of rotatable bonds is 3. The van der Waals surface area contributed by atoms with E-state index in [9.17, 15) is 5.11 Å². The predicted molar refractivity (Wildman–Crippen MR) is 77.3 cm³/mol. The molecule has 0 amide bonds. The minimum absolute atomic E-state index is 0.154. The van der Waals surface area contributed by atoms with Crippen LogP contribution in [0.25, 0.3) is 0 Å². The minimum Gasteiger partial charge on any atom is -0.394 e. The van der Waals surface area contributed by atoms with Crippen LogP contribution in [0.5, 0.6) is 0 Å². The van der Waals surface area contributed by atoms with Gasteiger partial charge in [0.25, 0.3) is 0 Å². The summed E-state index contributed by atoms with van der Waals surface area (Å²) < 4.78 is 0. The molecule has 0 bridgehead atoms. The summed E-state index contributed by atoms with van der Waals surface area (Å²) in [6.45, 7) is 7.18. The molecule has 1 atom stereocenters. The van der Waals surface area contributed by atoms with Crippen LogP contribution in [0.4, 0.5) is 11.6 Å². The molecule has 0 spiro atoms. The molecular formula is C14H24N4O. The van der Waals surface area contributed by atoms with Crippen molar-refractivity contribution in [3.05, 3.63) is 11.4 Å². The molecule has 5 nitrogen and oxygen atoms in total. The van der Waals surface area contributed by atoms with Crippen LogP contribution in [0.15, 0.2) is 0 Å². The van der Waals surface area contributed by atoms with Gasteiger partial charge in [-0.05, 0) is 26.2 Å². The lowest BCUT2D eigenvalue weighted by Crippen LogP contribution is -2.43. The Kier molecular flexibility index (Phi) is 4.24. The van der Waals surface area contributed by atoms with Gasteiger partial charge in [-0.1, -0.05) is 13.8 Å². The predicted octanol–water partition coefficient (Wildman–Crippen LogP) is 1.84. The Labute approximate surface area is 114 Å². The zero-order valence-electron chi connectivity index (χ0n) is 12.1. The van der Waals surface area contributed by atoms with E-state index in [2.05, 4.69) is 28.7 Å². The van der Waals surface area contributed by atoms with Crippen molar-refractivity contribution in [2.75, 3.05) is 23.8 Å². The topological polar surface area (TPSA) is 75.3 Å². The third kappa shape index (κ3) is 2.81. The fraction of sp³-hybridized carbons (Fsp3) is 0.714. The number of hydrogen-bond acceptors (Lipinski definition) is 5. The van der Waals surface area contributed by atoms with Crippen molar-refractivity contribution >= 4 is 11.6 Å². The molecule has 19 heavy (non-hydrogen) atoms. The van der Waals surface area contributed by atoms with Crippen LogP contribution in [0, 0.1) is 6.92 Å². The number of piperidine rings is 1. The molecule has 0 aliphatic carbocycles. The Morgan fingerprint density at radius 2 is 2.11 bits per heavy atom. The maximum atomic E-state index is 9.55. The van der Waals surface area contributed by atoms with Crippen LogP contribution >= 0.6 is 0 Å². The van der Waals surface area contributed by atoms with Gasteiger partial charge in [-0.25, -0.2) is 9.97 Å². The molecule has 1 aromatic rings. The molecule has 106 valence electrons. The van der Waals surface area contributed by atoms with Gasteiger partial charge >= 0.3 is 0 Å². The van der Waals surface area contributed by atoms with Gasteiger partial charge in [0.15, 0.2) is 0 Å². The summed E-state index contributed by atoms with van der Waals surface area (Å²) in [7, 11) is 0. The van der Waals surface area contributed by atoms with Crippen molar-refractivity contribution < 1.29 is 5.11 Å². The molecular weight excluding hydrogens is 240 g/mol. The summed E-state index contributed by atoms with van der Waals surface area (Å²) in [5.74, 6) is 2.48. The van der Waals surface area contributed by atoms with Gasteiger partial charge < -0.3 is 15.7 Å². The van der Waals surface area contributed by atoms with Crippen LogP contribution in [-0.4, -0.2) is 34.3 Å². The van der Waals surface area contributed by atoms with Crippen molar-refractivity contribution in [1.29, 1.82) is 0 Å². The first-order chi connectivity index (χ1) is 9.04. The standard InChI is InChI=1S/C14H24N4O/c1-9(2)13-16-12(15)10(3)14(17-13)18-7-5-4-6-11(18)8-19/h9,11,19H,4-8H2,1-3H3,(H2,15,16,17). The third-order valence-corrected chi connectivity index (χ3v) is 3.80. The van der Waals surface area contributed by atoms with Crippen LogP contribution in [-0.2, 0) is 0 Å². The maximum Gasteiger partial charge on any atom is 0.137 e. The lowest BCUT2D eigenvalue weighted by atomic mass is 10.0. The van der Waals surface area contributed by atoms with E-state index >= 15 is 0 Å². The Morgan fingerprint density at radius 1 is 1.37 bits per heavy atom. The van der Waals surface area contributed by atoms with E-state index in [-0.39, 0.29) is 18.6 Å². The number of aromatic nitrogens is 2. The van der Waals surface area contributed by atoms with Crippen LogP contribution in [0.3, 0.4) is 0 Å². The van der Waals surface area contributed by atoms with Crippen LogP contribution in [0.1, 0.15) is 50.4 Å². The number of aliphatic hydroxyl groups is 1. The monoisotopic (exact) mass is 264 g/mol. The van der Waals surface area contributed by atoms with E-state index in [1.54, 1.807) is 0 Å². The van der Waals surface area contributed by atoms with Crippen molar-refractivity contribution in [1.82, 2.24) is 9.97 Å². The van der Waals surface area contributed by atoms with E-state index in [1.807, 2.05) is 6.92 Å². The average Bonchev–Trinajstić information content (AvgIpc) is 2.41. The highest BCUT2D eigenvalue weighted by Crippen LogP contribution is 2.29. The molecule has 1 aliphatic rings. The van der Waals surface area contributed by atoms with Gasteiger partial charge in [0.1, 0.15) is 17.5 Å². The summed E-state index contributed by atoms with van der Waals surface area (Å²) in [5, 5.41) is 9.55. The summed E-state index contributed by atoms with van der Waals surface area (Å²) in [5.41, 5.74) is 6.93. The summed E-state index contributed by atoms with van der Waals surface area (Å²) in [6.07, 6.45) is 3.31. The number of nitrogen functional groups attached to an aromatic ring is 1. The molecule has 1 aromatic heterocycles. The van der Waals surface area contributed by atoms with E-state index in [0.29, 0.717) is 5.82 Å². The average molecular weight is 264 g/mol. The molecule has 0 saturated carbocycles. The lowest BCUT2D eigenvalue weighted by Gasteiger charge is -2.36. The second-order valence-corrected chi connectivity index (χ2v) is 5.60. The van der Waals surface area contributed by atoms with Gasteiger partial charge in [0.2, 0.25) is 0 Å². The third-order valence-electron chi connectivity index (χ3n) is 3.80. The molecule has 5 heteroatoms. The zero-order chi connectivity index (χ0) is 14.0. The molecule has 1 fully saturated rings. The summed E-state index contributed by atoms with van der Waals surface area (Å²) in [6, 6.07) is 0.154. The molecule has 1 aliphatic heterocycles. The Bertz CT molecular complexity index is 447. The normalized spacial score (nSPS) is 20.1. The smallest absolute Gasteiger partial charge is 0.137 e. The first-order valence-corrected chi connectivity index (χ1v) is 7.06. The van der Waals surface area contributed by atoms with Crippen LogP contribution in [0.2, 0.25) is 0 Å². The first-order valence-electron chi connectivity index (χ1n) is 7.06. The number of aliphatic hydroxyl groups excluding tert-OH is 1. The highest BCUT2D eigenvalue weighted by Gasteiger charge is 2.25. The fourth-order valence-electron chi connectivity index (χ4n) is 2.55. The highest BCUT2D eigenvalue weighted by atomic mass is 16.3. The number of anilines is 2. The fourth-order valence-corrected chi connectivity index (χ4v) is 2.55. The highest BCUT2D eigenvalue weighted by molar-refractivity contribution is 5.57. The SMILES string of the molecule is Cc1c(N)nc(C(C)C)nc1N1CCCCC1CO. The van der Waals surface area contributed by atoms with Gasteiger partial charge in [-0.2, -0.15) is 0 Å². The molecule has 1 saturated heterocycles. The number of nitrogens with zero attached hydrogens (tertiary/aromatic N) is 3. The molecule has 2 rings (SSSR count). The second-order valence-electron chi connectivity index (χ2n) is 5.60. The van der Waals surface area contributed by atoms with Gasteiger partial charge in [0, 0.05) is 18.0 Å². The Morgan fingerprint density at radius 3 is 2.74 bits per heavy atom. The first kappa shape index (κ1) is 14.1. The van der Waals surface area contributed by atoms with E-state index in [1.165, 1.54) is 6.42 Å². The van der Waals surface area contributed by atoms with E-state index in [0.717, 1.165) is 36.6 Å². The maximum absolute atomic E-state index is 9.55. The molecule has 2 heterocycles.